The minimum Gasteiger partial charge on any atom is -0.380 e. The Hall–Kier alpha value is -0.860. The second kappa shape index (κ2) is 6.35. The van der Waals surface area contributed by atoms with Gasteiger partial charge in [-0.1, -0.05) is 38.1 Å². The fourth-order valence-corrected chi connectivity index (χ4v) is 3.02. The van der Waals surface area contributed by atoms with Crippen molar-refractivity contribution in [3.05, 3.63) is 35.4 Å². The predicted molar refractivity (Wildman–Crippen MR) is 75.7 cm³/mol. The molecule has 0 radical (unpaired) electrons. The number of piperidine rings is 1. The molecule has 2 heteroatoms. The highest BCUT2D eigenvalue weighted by atomic mass is 16.5. The van der Waals surface area contributed by atoms with Crippen molar-refractivity contribution in [1.82, 2.24) is 5.32 Å². The van der Waals surface area contributed by atoms with Crippen molar-refractivity contribution in [3.63, 3.8) is 0 Å². The van der Waals surface area contributed by atoms with E-state index in [1.165, 1.54) is 17.5 Å². The highest BCUT2D eigenvalue weighted by Crippen LogP contribution is 2.34. The summed E-state index contributed by atoms with van der Waals surface area (Å²) >= 11 is 0. The fourth-order valence-electron chi connectivity index (χ4n) is 3.02. The van der Waals surface area contributed by atoms with Crippen LogP contribution in [0.4, 0.5) is 0 Å². The van der Waals surface area contributed by atoms with E-state index in [9.17, 15) is 0 Å². The number of benzene rings is 1. The van der Waals surface area contributed by atoms with E-state index in [0.29, 0.717) is 12.5 Å². The quantitative estimate of drug-likeness (QED) is 0.882. The first kappa shape index (κ1) is 13.6. The van der Waals surface area contributed by atoms with Crippen molar-refractivity contribution in [2.24, 2.45) is 11.8 Å². The maximum absolute atomic E-state index is 5.16. The van der Waals surface area contributed by atoms with E-state index < -0.39 is 0 Å². The van der Waals surface area contributed by atoms with Crippen LogP contribution in [0, 0.1) is 11.8 Å². The number of ether oxygens (including phenoxy) is 1. The van der Waals surface area contributed by atoms with Crippen LogP contribution in [0.5, 0.6) is 0 Å². The molecule has 0 aliphatic carbocycles. The van der Waals surface area contributed by atoms with Crippen molar-refractivity contribution in [2.45, 2.75) is 32.8 Å². The summed E-state index contributed by atoms with van der Waals surface area (Å²) in [5, 5.41) is 3.53. The minimum atomic E-state index is 0.708. The Kier molecular flexibility index (Phi) is 4.79. The topological polar surface area (TPSA) is 21.3 Å². The van der Waals surface area contributed by atoms with Gasteiger partial charge in [0, 0.05) is 7.11 Å². The molecular formula is C16H25NO. The molecule has 1 aromatic rings. The monoisotopic (exact) mass is 247 g/mol. The van der Waals surface area contributed by atoms with Crippen LogP contribution in [-0.2, 0) is 11.3 Å². The van der Waals surface area contributed by atoms with Gasteiger partial charge in [-0.3, -0.25) is 0 Å². The third-order valence-electron chi connectivity index (χ3n) is 4.10. The molecule has 2 rings (SSSR count). The van der Waals surface area contributed by atoms with Gasteiger partial charge >= 0.3 is 0 Å². The van der Waals surface area contributed by atoms with Crippen LogP contribution in [0.2, 0.25) is 0 Å². The lowest BCUT2D eigenvalue weighted by molar-refractivity contribution is 0.185. The van der Waals surface area contributed by atoms with E-state index in [4.69, 9.17) is 4.74 Å². The van der Waals surface area contributed by atoms with E-state index in [-0.39, 0.29) is 0 Å². The zero-order valence-electron chi connectivity index (χ0n) is 11.8. The Morgan fingerprint density at radius 1 is 1.28 bits per heavy atom. The molecule has 1 aliphatic rings. The Balaban J connectivity index is 2.12. The standard InChI is InChI=1S/C16H25NO/c1-12(2)16-10-17-9-8-15(16)14-6-4-13(5-7-14)11-18-3/h4-7,12,15-17H,8-11H2,1-3H3. The molecule has 0 bridgehead atoms. The third kappa shape index (κ3) is 3.12. The van der Waals surface area contributed by atoms with Crippen LogP contribution in [0.25, 0.3) is 0 Å². The molecule has 1 fully saturated rings. The SMILES string of the molecule is COCc1ccc(C2CCNCC2C(C)C)cc1. The van der Waals surface area contributed by atoms with Crippen molar-refractivity contribution >= 4 is 0 Å². The highest BCUT2D eigenvalue weighted by Gasteiger charge is 2.28. The first-order chi connectivity index (χ1) is 8.72. The van der Waals surface area contributed by atoms with Gasteiger partial charge in [-0.2, -0.15) is 0 Å². The minimum absolute atomic E-state index is 0.708. The van der Waals surface area contributed by atoms with Gasteiger partial charge in [-0.15, -0.1) is 0 Å². The fraction of sp³-hybridized carbons (Fsp3) is 0.625. The average molecular weight is 247 g/mol. The molecule has 1 saturated heterocycles. The summed E-state index contributed by atoms with van der Waals surface area (Å²) in [5.41, 5.74) is 2.76. The van der Waals surface area contributed by atoms with E-state index >= 15 is 0 Å². The summed E-state index contributed by atoms with van der Waals surface area (Å²) in [7, 11) is 1.75. The third-order valence-corrected chi connectivity index (χ3v) is 4.10. The lowest BCUT2D eigenvalue weighted by Crippen LogP contribution is -2.38. The molecule has 0 aromatic heterocycles. The van der Waals surface area contributed by atoms with Gasteiger partial charge in [-0.05, 0) is 48.4 Å². The molecule has 100 valence electrons. The number of nitrogens with one attached hydrogen (secondary N) is 1. The van der Waals surface area contributed by atoms with Gasteiger partial charge in [0.2, 0.25) is 0 Å². The van der Waals surface area contributed by atoms with Crippen molar-refractivity contribution < 1.29 is 4.74 Å². The average Bonchev–Trinajstić information content (AvgIpc) is 2.40. The normalized spacial score (nSPS) is 24.4. The van der Waals surface area contributed by atoms with Gasteiger partial charge in [0.15, 0.2) is 0 Å². The number of hydrogen-bond donors (Lipinski definition) is 1. The largest absolute Gasteiger partial charge is 0.380 e. The smallest absolute Gasteiger partial charge is 0.0713 e. The Bertz CT molecular complexity index is 358. The van der Waals surface area contributed by atoms with Crippen LogP contribution < -0.4 is 5.32 Å². The first-order valence-corrected chi connectivity index (χ1v) is 7.01. The molecule has 1 aliphatic heterocycles. The number of methoxy groups -OCH3 is 1. The van der Waals surface area contributed by atoms with Crippen molar-refractivity contribution in [2.75, 3.05) is 20.2 Å². The van der Waals surface area contributed by atoms with Crippen LogP contribution in [0.1, 0.15) is 37.3 Å². The second-order valence-corrected chi connectivity index (χ2v) is 5.68. The van der Waals surface area contributed by atoms with E-state index in [1.807, 2.05) is 0 Å². The first-order valence-electron chi connectivity index (χ1n) is 7.01. The maximum atomic E-state index is 5.16. The summed E-state index contributed by atoms with van der Waals surface area (Å²) in [4.78, 5) is 0. The summed E-state index contributed by atoms with van der Waals surface area (Å²) in [5.74, 6) is 2.20. The second-order valence-electron chi connectivity index (χ2n) is 5.68. The Morgan fingerprint density at radius 3 is 2.61 bits per heavy atom. The Labute approximate surface area is 111 Å². The van der Waals surface area contributed by atoms with Gasteiger partial charge in [0.1, 0.15) is 0 Å². The zero-order chi connectivity index (χ0) is 13.0. The summed E-state index contributed by atoms with van der Waals surface area (Å²) in [6.07, 6.45) is 1.26. The molecule has 18 heavy (non-hydrogen) atoms. The van der Waals surface area contributed by atoms with E-state index in [2.05, 4.69) is 43.4 Å². The lowest BCUT2D eigenvalue weighted by Gasteiger charge is -2.35. The van der Waals surface area contributed by atoms with E-state index in [0.717, 1.165) is 24.9 Å². The van der Waals surface area contributed by atoms with Gasteiger partial charge in [0.05, 0.1) is 6.61 Å². The number of hydrogen-bond acceptors (Lipinski definition) is 2. The molecule has 1 aromatic carbocycles. The molecular weight excluding hydrogens is 222 g/mol. The van der Waals surface area contributed by atoms with Gasteiger partial charge in [0.25, 0.3) is 0 Å². The molecule has 0 amide bonds. The molecule has 1 N–H and O–H groups in total. The summed E-state index contributed by atoms with van der Waals surface area (Å²) in [6, 6.07) is 9.00. The molecule has 1 heterocycles. The molecule has 0 spiro atoms. The van der Waals surface area contributed by atoms with Crippen molar-refractivity contribution in [3.8, 4) is 0 Å². The summed E-state index contributed by atoms with van der Waals surface area (Å²) in [6.45, 7) is 7.68. The molecule has 2 atom stereocenters. The zero-order valence-corrected chi connectivity index (χ0v) is 11.8. The predicted octanol–water partition coefficient (Wildman–Crippen LogP) is 3.18. The molecule has 0 saturated carbocycles. The maximum Gasteiger partial charge on any atom is 0.0713 e. The van der Waals surface area contributed by atoms with Crippen LogP contribution in [0.3, 0.4) is 0 Å². The van der Waals surface area contributed by atoms with Gasteiger partial charge in [-0.25, -0.2) is 0 Å². The molecule has 2 nitrogen and oxygen atoms in total. The van der Waals surface area contributed by atoms with Crippen LogP contribution in [-0.4, -0.2) is 20.2 Å². The van der Waals surface area contributed by atoms with Crippen LogP contribution >= 0.6 is 0 Å². The van der Waals surface area contributed by atoms with E-state index in [1.54, 1.807) is 7.11 Å². The molecule has 2 unspecified atom stereocenters. The van der Waals surface area contributed by atoms with Crippen LogP contribution in [0.15, 0.2) is 24.3 Å². The number of rotatable bonds is 4. The summed E-state index contributed by atoms with van der Waals surface area (Å²) < 4.78 is 5.16. The highest BCUT2D eigenvalue weighted by molar-refractivity contribution is 5.26. The lowest BCUT2D eigenvalue weighted by atomic mass is 9.75. The Morgan fingerprint density at radius 2 is 2.00 bits per heavy atom. The van der Waals surface area contributed by atoms with Gasteiger partial charge < -0.3 is 10.1 Å². The van der Waals surface area contributed by atoms with Crippen molar-refractivity contribution in [1.29, 1.82) is 0 Å².